The second-order valence-electron chi connectivity index (χ2n) is 8.20. The molecule has 0 radical (unpaired) electrons. The predicted octanol–water partition coefficient (Wildman–Crippen LogP) is 2.66. The van der Waals surface area contributed by atoms with Crippen LogP contribution in [0.4, 0.5) is 0 Å². The van der Waals surface area contributed by atoms with Gasteiger partial charge in [-0.3, -0.25) is 9.59 Å². The van der Waals surface area contributed by atoms with Crippen molar-refractivity contribution < 1.29 is 19.1 Å². The van der Waals surface area contributed by atoms with Crippen LogP contribution in [0.25, 0.3) is 0 Å². The van der Waals surface area contributed by atoms with Crippen LogP contribution in [0.5, 0.6) is 11.5 Å². The number of nitrogens with zero attached hydrogens (tertiary/aromatic N) is 2. The molecule has 0 spiro atoms. The molecule has 1 aromatic rings. The molecule has 3 rings (SSSR count). The number of carbonyl (C=O) groups is 2. The molecule has 2 heterocycles. The van der Waals surface area contributed by atoms with Crippen LogP contribution in [0, 0.1) is 11.3 Å². The van der Waals surface area contributed by atoms with Crippen molar-refractivity contribution in [2.75, 3.05) is 26.9 Å². The maximum absolute atomic E-state index is 12.8. The van der Waals surface area contributed by atoms with Crippen LogP contribution in [-0.4, -0.2) is 48.5 Å². The standard InChI is InChI=1S/C20H28N2O4/c1-20(2,3)19(24)22-9-7-15(8-10-22)18(23)21(4)12-14-5-6-16-17(11-14)26-13-25-16/h5-6,11,15H,7-10,12-13H2,1-4H3. The van der Waals surface area contributed by atoms with Gasteiger partial charge in [0.05, 0.1) is 0 Å². The fourth-order valence-corrected chi connectivity index (χ4v) is 3.51. The first-order valence-corrected chi connectivity index (χ1v) is 9.18. The summed E-state index contributed by atoms with van der Waals surface area (Å²) in [5.74, 6) is 1.77. The van der Waals surface area contributed by atoms with Crippen molar-refractivity contribution in [3.8, 4) is 11.5 Å². The fourth-order valence-electron chi connectivity index (χ4n) is 3.51. The predicted molar refractivity (Wildman–Crippen MR) is 97.8 cm³/mol. The molecule has 0 unspecified atom stereocenters. The van der Waals surface area contributed by atoms with Gasteiger partial charge in [0.1, 0.15) is 0 Å². The highest BCUT2D eigenvalue weighted by Gasteiger charge is 2.33. The van der Waals surface area contributed by atoms with Gasteiger partial charge in [-0.25, -0.2) is 0 Å². The molecular weight excluding hydrogens is 332 g/mol. The van der Waals surface area contributed by atoms with Crippen molar-refractivity contribution in [2.45, 2.75) is 40.2 Å². The lowest BCUT2D eigenvalue weighted by molar-refractivity contribution is -0.144. The summed E-state index contributed by atoms with van der Waals surface area (Å²) in [7, 11) is 1.83. The van der Waals surface area contributed by atoms with Crippen molar-refractivity contribution in [3.63, 3.8) is 0 Å². The van der Waals surface area contributed by atoms with Gasteiger partial charge >= 0.3 is 0 Å². The fraction of sp³-hybridized carbons (Fsp3) is 0.600. The molecule has 1 aromatic carbocycles. The van der Waals surface area contributed by atoms with Gasteiger partial charge in [0.25, 0.3) is 0 Å². The highest BCUT2D eigenvalue weighted by atomic mass is 16.7. The first-order valence-electron chi connectivity index (χ1n) is 9.18. The maximum atomic E-state index is 12.8. The highest BCUT2D eigenvalue weighted by Crippen LogP contribution is 2.33. The molecule has 0 saturated carbocycles. The molecule has 2 amide bonds. The van der Waals surface area contributed by atoms with Crippen molar-refractivity contribution in [3.05, 3.63) is 23.8 Å². The zero-order valence-corrected chi connectivity index (χ0v) is 16.1. The molecule has 0 bridgehead atoms. The van der Waals surface area contributed by atoms with E-state index in [1.807, 2.05) is 50.9 Å². The summed E-state index contributed by atoms with van der Waals surface area (Å²) in [6.45, 7) is 7.91. The van der Waals surface area contributed by atoms with E-state index in [4.69, 9.17) is 9.47 Å². The largest absolute Gasteiger partial charge is 0.454 e. The van der Waals surface area contributed by atoms with Gasteiger partial charge in [-0.05, 0) is 30.5 Å². The normalized spacial score (nSPS) is 17.3. The lowest BCUT2D eigenvalue weighted by Gasteiger charge is -2.36. The Bertz CT molecular complexity index is 688. The van der Waals surface area contributed by atoms with Crippen LogP contribution in [0.2, 0.25) is 0 Å². The molecule has 0 N–H and O–H groups in total. The summed E-state index contributed by atoms with van der Waals surface area (Å²) >= 11 is 0. The minimum Gasteiger partial charge on any atom is -0.454 e. The highest BCUT2D eigenvalue weighted by molar-refractivity contribution is 5.82. The molecular formula is C20H28N2O4. The Kier molecular flexibility index (Phi) is 5.12. The number of hydrogen-bond acceptors (Lipinski definition) is 4. The molecule has 6 heteroatoms. The van der Waals surface area contributed by atoms with Gasteiger partial charge in [0.2, 0.25) is 18.6 Å². The van der Waals surface area contributed by atoms with Gasteiger partial charge in [-0.2, -0.15) is 0 Å². The van der Waals surface area contributed by atoms with E-state index in [9.17, 15) is 9.59 Å². The number of piperidine rings is 1. The minimum absolute atomic E-state index is 0.0157. The molecule has 142 valence electrons. The first kappa shape index (κ1) is 18.5. The molecule has 2 aliphatic heterocycles. The number of ether oxygens (including phenoxy) is 2. The first-order chi connectivity index (χ1) is 12.3. The quantitative estimate of drug-likeness (QED) is 0.831. The average Bonchev–Trinajstić information content (AvgIpc) is 3.07. The summed E-state index contributed by atoms with van der Waals surface area (Å²) in [5.41, 5.74) is 0.651. The Balaban J connectivity index is 1.54. The Morgan fingerprint density at radius 1 is 1.15 bits per heavy atom. The van der Waals surface area contributed by atoms with Crippen molar-refractivity contribution in [1.82, 2.24) is 9.80 Å². The van der Waals surface area contributed by atoms with Gasteiger partial charge in [-0.1, -0.05) is 26.8 Å². The van der Waals surface area contributed by atoms with Gasteiger partial charge in [0, 0.05) is 38.0 Å². The maximum Gasteiger partial charge on any atom is 0.231 e. The monoisotopic (exact) mass is 360 g/mol. The zero-order valence-electron chi connectivity index (χ0n) is 16.1. The Morgan fingerprint density at radius 2 is 1.81 bits per heavy atom. The third-order valence-electron chi connectivity index (χ3n) is 5.01. The summed E-state index contributed by atoms with van der Waals surface area (Å²) in [5, 5.41) is 0. The second-order valence-corrected chi connectivity index (χ2v) is 8.20. The van der Waals surface area contributed by atoms with Gasteiger partial charge in [0.15, 0.2) is 11.5 Å². The van der Waals surface area contributed by atoms with Crippen molar-refractivity contribution in [1.29, 1.82) is 0 Å². The number of likely N-dealkylation sites (tertiary alicyclic amines) is 1. The van der Waals surface area contributed by atoms with E-state index in [0.29, 0.717) is 19.6 Å². The summed E-state index contributed by atoms with van der Waals surface area (Å²) in [4.78, 5) is 28.8. The van der Waals surface area contributed by atoms with E-state index in [-0.39, 0.29) is 29.9 Å². The summed E-state index contributed by atoms with van der Waals surface area (Å²) in [6.07, 6.45) is 1.46. The third kappa shape index (κ3) is 3.94. The number of carbonyl (C=O) groups excluding carboxylic acids is 2. The molecule has 0 atom stereocenters. The molecule has 2 aliphatic rings. The lowest BCUT2D eigenvalue weighted by Crippen LogP contribution is -2.46. The van der Waals surface area contributed by atoms with Crippen molar-refractivity contribution >= 4 is 11.8 Å². The van der Waals surface area contributed by atoms with E-state index in [1.54, 1.807) is 4.90 Å². The van der Waals surface area contributed by atoms with E-state index in [1.165, 1.54) is 0 Å². The van der Waals surface area contributed by atoms with Crippen LogP contribution in [0.1, 0.15) is 39.2 Å². The van der Waals surface area contributed by atoms with E-state index in [2.05, 4.69) is 0 Å². The minimum atomic E-state index is -0.368. The van der Waals surface area contributed by atoms with Crippen molar-refractivity contribution in [2.24, 2.45) is 11.3 Å². The summed E-state index contributed by atoms with van der Waals surface area (Å²) < 4.78 is 10.7. The van der Waals surface area contributed by atoms with E-state index < -0.39 is 0 Å². The molecule has 1 saturated heterocycles. The Labute approximate surface area is 155 Å². The lowest BCUT2D eigenvalue weighted by atomic mass is 9.90. The number of fused-ring (bicyclic) bond motifs is 1. The summed E-state index contributed by atoms with van der Waals surface area (Å²) in [6, 6.07) is 5.77. The Morgan fingerprint density at radius 3 is 2.46 bits per heavy atom. The van der Waals surface area contributed by atoms with Crippen LogP contribution in [-0.2, 0) is 16.1 Å². The van der Waals surface area contributed by atoms with Crippen LogP contribution in [0.15, 0.2) is 18.2 Å². The van der Waals surface area contributed by atoms with Crippen LogP contribution < -0.4 is 9.47 Å². The number of benzene rings is 1. The SMILES string of the molecule is CN(Cc1ccc2c(c1)OCO2)C(=O)C1CCN(C(=O)C(C)(C)C)CC1. The third-order valence-corrected chi connectivity index (χ3v) is 5.01. The van der Waals surface area contributed by atoms with Crippen LogP contribution >= 0.6 is 0 Å². The molecule has 0 aromatic heterocycles. The Hall–Kier alpha value is -2.24. The van der Waals surface area contributed by atoms with E-state index in [0.717, 1.165) is 29.9 Å². The number of amides is 2. The van der Waals surface area contributed by atoms with Gasteiger partial charge in [-0.15, -0.1) is 0 Å². The molecule has 1 fully saturated rings. The van der Waals surface area contributed by atoms with E-state index >= 15 is 0 Å². The molecule has 6 nitrogen and oxygen atoms in total. The zero-order chi connectivity index (χ0) is 18.9. The average molecular weight is 360 g/mol. The van der Waals surface area contributed by atoms with Gasteiger partial charge < -0.3 is 19.3 Å². The molecule has 26 heavy (non-hydrogen) atoms. The second kappa shape index (κ2) is 7.17. The smallest absolute Gasteiger partial charge is 0.231 e. The molecule has 0 aliphatic carbocycles. The topological polar surface area (TPSA) is 59.1 Å². The number of rotatable bonds is 3. The number of hydrogen-bond donors (Lipinski definition) is 0. The van der Waals surface area contributed by atoms with Crippen LogP contribution in [0.3, 0.4) is 0 Å².